The molecule has 0 radical (unpaired) electrons. The highest BCUT2D eigenvalue weighted by molar-refractivity contribution is 7.25. The molecular formula is C51H41N3S+2. The van der Waals surface area contributed by atoms with Gasteiger partial charge in [-0.1, -0.05) is 75.4 Å². The number of hydrogen-bond acceptors (Lipinski definition) is 1. The summed E-state index contributed by atoms with van der Waals surface area (Å²) in [5.74, 6) is 0.350. The zero-order valence-electron chi connectivity index (χ0n) is 31.4. The van der Waals surface area contributed by atoms with Crippen LogP contribution in [0.25, 0.3) is 86.5 Å². The van der Waals surface area contributed by atoms with Gasteiger partial charge in [0.2, 0.25) is 11.4 Å². The van der Waals surface area contributed by atoms with Crippen molar-refractivity contribution in [2.24, 2.45) is 0 Å². The number of hydrogen-bond donors (Lipinski definition) is 0. The van der Waals surface area contributed by atoms with E-state index in [1.165, 1.54) is 97.5 Å². The van der Waals surface area contributed by atoms with E-state index in [2.05, 4.69) is 168 Å². The van der Waals surface area contributed by atoms with E-state index < -0.39 is 0 Å². The Morgan fingerprint density at radius 2 is 1.42 bits per heavy atom. The van der Waals surface area contributed by atoms with Crippen molar-refractivity contribution < 1.29 is 9.13 Å². The summed E-state index contributed by atoms with van der Waals surface area (Å²) >= 11 is 1.91. The van der Waals surface area contributed by atoms with Crippen LogP contribution < -0.4 is 9.13 Å². The van der Waals surface area contributed by atoms with Crippen molar-refractivity contribution in [1.82, 2.24) is 4.40 Å². The van der Waals surface area contributed by atoms with Gasteiger partial charge in [0.1, 0.15) is 0 Å². The number of fused-ring (bicyclic) bond motifs is 18. The number of pyridine rings is 2. The molecule has 5 aromatic heterocycles. The first kappa shape index (κ1) is 31.5. The Bertz CT molecular complexity index is 3260. The average Bonchev–Trinajstić information content (AvgIpc) is 3.84. The molecule has 2 atom stereocenters. The molecular weight excluding hydrogens is 687 g/mol. The first-order chi connectivity index (χ1) is 26.8. The summed E-state index contributed by atoms with van der Waals surface area (Å²) in [6.07, 6.45) is 7.50. The predicted octanol–water partition coefficient (Wildman–Crippen LogP) is 12.6. The van der Waals surface area contributed by atoms with Crippen molar-refractivity contribution in [3.63, 3.8) is 0 Å². The second-order valence-electron chi connectivity index (χ2n) is 17.0. The van der Waals surface area contributed by atoms with Crippen LogP contribution in [0.5, 0.6) is 0 Å². The van der Waals surface area contributed by atoms with Crippen LogP contribution in [0, 0.1) is 0 Å². The summed E-state index contributed by atoms with van der Waals surface area (Å²) in [5.41, 5.74) is 14.5. The van der Waals surface area contributed by atoms with E-state index in [1.807, 2.05) is 11.3 Å². The van der Waals surface area contributed by atoms with Gasteiger partial charge in [-0.2, -0.15) is 9.13 Å². The molecule has 0 spiro atoms. The van der Waals surface area contributed by atoms with E-state index >= 15 is 0 Å². The maximum absolute atomic E-state index is 4.86. The molecule has 0 saturated carbocycles. The molecule has 0 aliphatic carbocycles. The van der Waals surface area contributed by atoms with Crippen molar-refractivity contribution in [2.45, 2.75) is 57.4 Å². The van der Waals surface area contributed by atoms with Crippen LogP contribution in [0.15, 0.2) is 140 Å². The van der Waals surface area contributed by atoms with Crippen LogP contribution in [0.4, 0.5) is 0 Å². The van der Waals surface area contributed by atoms with E-state index in [1.54, 1.807) is 0 Å². The lowest BCUT2D eigenvalue weighted by Gasteiger charge is -2.31. The number of para-hydroxylation sites is 1. The molecule has 12 rings (SSSR count). The number of rotatable bonds is 0. The molecule has 0 amide bonds. The lowest BCUT2D eigenvalue weighted by molar-refractivity contribution is -0.720. The van der Waals surface area contributed by atoms with E-state index in [0.29, 0.717) is 5.92 Å². The monoisotopic (exact) mass is 727 g/mol. The number of aromatic nitrogens is 3. The largest absolute Gasteiger partial charge is 0.308 e. The van der Waals surface area contributed by atoms with Crippen molar-refractivity contribution >= 4 is 75.3 Å². The predicted molar refractivity (Wildman–Crippen MR) is 230 cm³/mol. The lowest BCUT2D eigenvalue weighted by Crippen LogP contribution is -2.49. The minimum atomic E-state index is 0.0108. The minimum Gasteiger partial charge on any atom is -0.308 e. The Morgan fingerprint density at radius 1 is 0.655 bits per heavy atom. The zero-order chi connectivity index (χ0) is 36.7. The quantitative estimate of drug-likeness (QED) is 0.138. The number of thiophene rings is 1. The van der Waals surface area contributed by atoms with Crippen LogP contribution in [-0.4, -0.2) is 4.40 Å². The molecule has 0 fully saturated rings. The normalized spacial score (nSPS) is 17.2. The molecule has 0 N–H and O–H groups in total. The number of allylic oxidation sites excluding steroid dienone is 1. The number of nitrogens with zero attached hydrogens (tertiary/aromatic N) is 3. The van der Waals surface area contributed by atoms with Crippen molar-refractivity contribution in [1.29, 1.82) is 0 Å². The fourth-order valence-electron chi connectivity index (χ4n) is 10.3. The first-order valence-corrected chi connectivity index (χ1v) is 20.5. The van der Waals surface area contributed by atoms with Crippen molar-refractivity contribution in [3.8, 4) is 22.5 Å². The van der Waals surface area contributed by atoms with Crippen LogP contribution in [0.2, 0.25) is 0 Å². The molecule has 0 bridgehead atoms. The first-order valence-electron chi connectivity index (χ1n) is 19.7. The van der Waals surface area contributed by atoms with Gasteiger partial charge in [0.15, 0.2) is 24.1 Å². The van der Waals surface area contributed by atoms with Crippen LogP contribution in [-0.2, 0) is 11.8 Å². The highest BCUT2D eigenvalue weighted by Crippen LogP contribution is 2.47. The molecule has 4 heteroatoms. The Morgan fingerprint density at radius 3 is 2.29 bits per heavy atom. The summed E-state index contributed by atoms with van der Waals surface area (Å²) < 4.78 is 10.2. The molecule has 2 aliphatic rings. The Kier molecular flexibility index (Phi) is 6.37. The SMILES string of the molecule is C=C1CC2C(CCc3cc4c(cc3-c3cc(C(C)(C)C)cc[n+]31)c1cccc3c5cc6c(cc5n4c13)sc1ccccc16)c1ccccc1-c1cccc[n+]12. The minimum absolute atomic E-state index is 0.0108. The lowest BCUT2D eigenvalue weighted by atomic mass is 9.77. The third-order valence-electron chi connectivity index (χ3n) is 13.0. The van der Waals surface area contributed by atoms with Gasteiger partial charge in [-0.25, -0.2) is 0 Å². The molecule has 2 aliphatic heterocycles. The molecule has 0 saturated heterocycles. The van der Waals surface area contributed by atoms with Crippen molar-refractivity contribution in [2.75, 3.05) is 0 Å². The highest BCUT2D eigenvalue weighted by atomic mass is 32.1. The molecule has 3 nitrogen and oxygen atoms in total. The van der Waals surface area contributed by atoms with E-state index in [0.717, 1.165) is 25.0 Å². The summed E-state index contributed by atoms with van der Waals surface area (Å²) in [6, 6.07) is 46.6. The Labute approximate surface area is 324 Å². The van der Waals surface area contributed by atoms with Gasteiger partial charge in [-0.3, -0.25) is 0 Å². The van der Waals surface area contributed by atoms with Gasteiger partial charge < -0.3 is 4.40 Å². The smallest absolute Gasteiger partial charge is 0.218 e. The van der Waals surface area contributed by atoms with Gasteiger partial charge in [-0.05, 0) is 84.0 Å². The standard InChI is InChI=1S/C51H41N3S/c1-30-24-44-35(33-12-5-6-13-34(33)43-17-9-10-22-53(43)44)20-19-31-25-46-40(27-39(31)45-26-32(51(2,3)4)21-23-52(30)45)37-15-11-16-38-41-28-42-36-14-7-8-18-48(36)55-49(42)29-47(41)54(46)50(37)38/h5-18,21-23,25-29,35,44H,1,19-20,24H2,2-4H3/q+2. The zero-order valence-corrected chi connectivity index (χ0v) is 32.3. The molecule has 264 valence electrons. The summed E-state index contributed by atoms with van der Waals surface area (Å²) in [5, 5.41) is 8.01. The Hall–Kier alpha value is -5.84. The van der Waals surface area contributed by atoms with Crippen LogP contribution in [0.1, 0.15) is 62.3 Å². The Balaban J connectivity index is 1.15. The van der Waals surface area contributed by atoms with E-state index in [9.17, 15) is 0 Å². The highest BCUT2D eigenvalue weighted by Gasteiger charge is 2.42. The fraction of sp³-hybridized carbons (Fsp3) is 0.176. The van der Waals surface area contributed by atoms with Crippen molar-refractivity contribution in [3.05, 3.63) is 157 Å². The third kappa shape index (κ3) is 4.37. The summed E-state index contributed by atoms with van der Waals surface area (Å²) in [7, 11) is 0. The van der Waals surface area contributed by atoms with Crippen LogP contribution >= 0.6 is 11.3 Å². The van der Waals surface area contributed by atoms with E-state index in [-0.39, 0.29) is 11.5 Å². The summed E-state index contributed by atoms with van der Waals surface area (Å²) in [6.45, 7) is 11.8. The molecule has 55 heavy (non-hydrogen) atoms. The van der Waals surface area contributed by atoms with Gasteiger partial charge in [0.05, 0.1) is 28.5 Å². The third-order valence-corrected chi connectivity index (χ3v) is 14.1. The second-order valence-corrected chi connectivity index (χ2v) is 18.1. The van der Waals surface area contributed by atoms with E-state index in [4.69, 9.17) is 6.58 Å². The summed E-state index contributed by atoms with van der Waals surface area (Å²) in [4.78, 5) is 0. The second kappa shape index (κ2) is 11.1. The molecule has 2 unspecified atom stereocenters. The topological polar surface area (TPSA) is 12.2 Å². The fourth-order valence-corrected chi connectivity index (χ4v) is 11.5. The number of benzene rings is 5. The van der Waals surface area contributed by atoms with Gasteiger partial charge >= 0.3 is 0 Å². The molecule has 5 aromatic carbocycles. The van der Waals surface area contributed by atoms with Gasteiger partial charge in [0.25, 0.3) is 0 Å². The van der Waals surface area contributed by atoms with Gasteiger partial charge in [0, 0.05) is 77.5 Å². The molecule has 10 aromatic rings. The number of aryl methyl sites for hydroxylation is 1. The van der Waals surface area contributed by atoms with Gasteiger partial charge in [-0.15, -0.1) is 11.3 Å². The maximum Gasteiger partial charge on any atom is 0.218 e. The molecule has 7 heterocycles. The average molecular weight is 728 g/mol. The van der Waals surface area contributed by atoms with Crippen LogP contribution in [0.3, 0.4) is 0 Å². The maximum atomic E-state index is 4.86.